The van der Waals surface area contributed by atoms with Crippen molar-refractivity contribution in [1.82, 2.24) is 4.90 Å². The molecule has 2 aliphatic rings. The molecule has 0 bridgehead atoms. The fourth-order valence-electron chi connectivity index (χ4n) is 2.60. The van der Waals surface area contributed by atoms with E-state index in [4.69, 9.17) is 5.73 Å². The van der Waals surface area contributed by atoms with Crippen molar-refractivity contribution in [2.75, 3.05) is 19.7 Å². The molecular formula is C14H28N2O. The van der Waals surface area contributed by atoms with Crippen LogP contribution in [0.1, 0.15) is 46.0 Å². The van der Waals surface area contributed by atoms with Crippen LogP contribution in [-0.2, 0) is 0 Å². The highest BCUT2D eigenvalue weighted by Crippen LogP contribution is 2.40. The fourth-order valence-corrected chi connectivity index (χ4v) is 2.60. The van der Waals surface area contributed by atoms with Crippen LogP contribution in [0.2, 0.25) is 0 Å². The van der Waals surface area contributed by atoms with Gasteiger partial charge in [0.25, 0.3) is 0 Å². The number of rotatable bonds is 8. The Labute approximate surface area is 105 Å². The molecule has 0 spiro atoms. The number of aliphatic hydroxyl groups excluding tert-OH is 1. The molecule has 2 saturated carbocycles. The smallest absolute Gasteiger partial charge is 0.0626 e. The Hall–Kier alpha value is -0.120. The van der Waals surface area contributed by atoms with Crippen molar-refractivity contribution in [3.05, 3.63) is 0 Å². The van der Waals surface area contributed by atoms with Crippen molar-refractivity contribution in [2.24, 2.45) is 17.6 Å². The minimum absolute atomic E-state index is 0.141. The first kappa shape index (κ1) is 13.3. The van der Waals surface area contributed by atoms with Gasteiger partial charge in [0.15, 0.2) is 0 Å². The maximum absolute atomic E-state index is 9.57. The van der Waals surface area contributed by atoms with Crippen molar-refractivity contribution in [1.29, 1.82) is 0 Å². The Morgan fingerprint density at radius 1 is 1.29 bits per heavy atom. The van der Waals surface area contributed by atoms with Crippen molar-refractivity contribution in [3.63, 3.8) is 0 Å². The van der Waals surface area contributed by atoms with Gasteiger partial charge in [-0.05, 0) is 50.5 Å². The maximum Gasteiger partial charge on any atom is 0.0626 e. The summed E-state index contributed by atoms with van der Waals surface area (Å²) in [6.07, 6.45) is 6.30. The minimum Gasteiger partial charge on any atom is -0.394 e. The Balaban J connectivity index is 1.87. The summed E-state index contributed by atoms with van der Waals surface area (Å²) in [4.78, 5) is 2.54. The van der Waals surface area contributed by atoms with Gasteiger partial charge < -0.3 is 10.8 Å². The zero-order chi connectivity index (χ0) is 12.5. The van der Waals surface area contributed by atoms with Crippen molar-refractivity contribution in [3.8, 4) is 0 Å². The van der Waals surface area contributed by atoms with Gasteiger partial charge in [0.2, 0.25) is 0 Å². The number of nitrogens with two attached hydrogens (primary N) is 1. The molecule has 0 aromatic carbocycles. The molecule has 2 fully saturated rings. The predicted molar refractivity (Wildman–Crippen MR) is 70.8 cm³/mol. The second-order valence-corrected chi connectivity index (χ2v) is 6.55. The average molecular weight is 240 g/mol. The standard InChI is InChI=1S/C14H28N2O/c1-11(2)7-8-16(13-5-6-13)9-14(15,10-17)12-3-4-12/h11-13,17H,3-10,15H2,1-2H3. The number of nitrogens with zero attached hydrogens (tertiary/aromatic N) is 1. The number of hydrogen-bond donors (Lipinski definition) is 2. The molecular weight excluding hydrogens is 212 g/mol. The second-order valence-electron chi connectivity index (χ2n) is 6.55. The zero-order valence-electron chi connectivity index (χ0n) is 11.4. The van der Waals surface area contributed by atoms with E-state index in [1.54, 1.807) is 0 Å². The van der Waals surface area contributed by atoms with Gasteiger partial charge in [0, 0.05) is 12.6 Å². The lowest BCUT2D eigenvalue weighted by atomic mass is 9.94. The highest BCUT2D eigenvalue weighted by Gasteiger charge is 2.44. The summed E-state index contributed by atoms with van der Waals surface area (Å²) in [5.41, 5.74) is 6.05. The largest absolute Gasteiger partial charge is 0.394 e. The van der Waals surface area contributed by atoms with Crippen LogP contribution in [0.25, 0.3) is 0 Å². The maximum atomic E-state index is 9.57. The topological polar surface area (TPSA) is 49.5 Å². The Kier molecular flexibility index (Phi) is 4.11. The molecule has 1 unspecified atom stereocenters. The van der Waals surface area contributed by atoms with Crippen LogP contribution >= 0.6 is 0 Å². The van der Waals surface area contributed by atoms with E-state index in [1.807, 2.05) is 0 Å². The van der Waals surface area contributed by atoms with Crippen LogP contribution in [0.15, 0.2) is 0 Å². The van der Waals surface area contributed by atoms with Gasteiger partial charge >= 0.3 is 0 Å². The van der Waals surface area contributed by atoms with Gasteiger partial charge in [-0.15, -0.1) is 0 Å². The molecule has 0 aliphatic heterocycles. The van der Waals surface area contributed by atoms with Gasteiger partial charge in [0.1, 0.15) is 0 Å². The zero-order valence-corrected chi connectivity index (χ0v) is 11.4. The number of hydrogen-bond acceptors (Lipinski definition) is 3. The second kappa shape index (κ2) is 5.25. The normalized spacial score (nSPS) is 24.4. The monoisotopic (exact) mass is 240 g/mol. The van der Waals surface area contributed by atoms with Crippen molar-refractivity contribution in [2.45, 2.75) is 57.5 Å². The lowest BCUT2D eigenvalue weighted by Gasteiger charge is -2.35. The summed E-state index contributed by atoms with van der Waals surface area (Å²) in [5.74, 6) is 1.31. The molecule has 2 rings (SSSR count). The van der Waals surface area contributed by atoms with E-state index in [9.17, 15) is 5.11 Å². The summed E-state index contributed by atoms with van der Waals surface area (Å²) in [6.45, 7) is 6.73. The minimum atomic E-state index is -0.334. The van der Waals surface area contributed by atoms with Crippen LogP contribution in [0.4, 0.5) is 0 Å². The molecule has 1 atom stereocenters. The van der Waals surface area contributed by atoms with Crippen molar-refractivity contribution >= 4 is 0 Å². The van der Waals surface area contributed by atoms with Crippen molar-refractivity contribution < 1.29 is 5.11 Å². The Morgan fingerprint density at radius 3 is 2.35 bits per heavy atom. The van der Waals surface area contributed by atoms with Gasteiger partial charge in [-0.3, -0.25) is 4.90 Å². The summed E-state index contributed by atoms with van der Waals surface area (Å²) >= 11 is 0. The first-order chi connectivity index (χ1) is 8.05. The van der Waals surface area contributed by atoms with Crippen LogP contribution in [0.5, 0.6) is 0 Å². The lowest BCUT2D eigenvalue weighted by molar-refractivity contribution is 0.113. The third kappa shape index (κ3) is 3.67. The summed E-state index contributed by atoms with van der Waals surface area (Å²) in [6, 6.07) is 0.752. The van der Waals surface area contributed by atoms with Crippen LogP contribution in [0.3, 0.4) is 0 Å². The predicted octanol–water partition coefficient (Wildman–Crippen LogP) is 1.60. The number of aliphatic hydroxyl groups is 1. The van der Waals surface area contributed by atoms with E-state index in [0.717, 1.165) is 25.0 Å². The molecule has 0 amide bonds. The Bertz CT molecular complexity index is 249. The molecule has 3 nitrogen and oxygen atoms in total. The first-order valence-electron chi connectivity index (χ1n) is 7.19. The highest BCUT2D eigenvalue weighted by atomic mass is 16.3. The molecule has 3 N–H and O–H groups in total. The quantitative estimate of drug-likeness (QED) is 0.677. The summed E-state index contributed by atoms with van der Waals surface area (Å²) < 4.78 is 0. The van der Waals surface area contributed by atoms with E-state index < -0.39 is 0 Å². The molecule has 17 heavy (non-hydrogen) atoms. The SMILES string of the molecule is CC(C)CCN(CC(N)(CO)C1CC1)C1CC1. The fraction of sp³-hybridized carbons (Fsp3) is 1.00. The van der Waals surface area contributed by atoms with Crippen LogP contribution in [-0.4, -0.2) is 41.3 Å². The van der Waals surface area contributed by atoms with Crippen LogP contribution < -0.4 is 5.73 Å². The van der Waals surface area contributed by atoms with Gasteiger partial charge in [-0.1, -0.05) is 13.8 Å². The summed E-state index contributed by atoms with van der Waals surface area (Å²) in [7, 11) is 0. The van der Waals surface area contributed by atoms with E-state index >= 15 is 0 Å². The third-order valence-electron chi connectivity index (χ3n) is 4.24. The molecule has 0 aromatic rings. The average Bonchev–Trinajstić information content (AvgIpc) is 3.15. The van der Waals surface area contributed by atoms with Gasteiger partial charge in [-0.2, -0.15) is 0 Å². The lowest BCUT2D eigenvalue weighted by Crippen LogP contribution is -2.55. The Morgan fingerprint density at radius 2 is 1.94 bits per heavy atom. The molecule has 2 aliphatic carbocycles. The van der Waals surface area contributed by atoms with E-state index in [0.29, 0.717) is 5.92 Å². The van der Waals surface area contributed by atoms with Crippen LogP contribution in [0, 0.1) is 11.8 Å². The van der Waals surface area contributed by atoms with Gasteiger partial charge in [0.05, 0.1) is 12.1 Å². The molecule has 0 heterocycles. The molecule has 0 saturated heterocycles. The molecule has 3 heteroatoms. The van der Waals surface area contributed by atoms with E-state index in [2.05, 4.69) is 18.7 Å². The molecule has 0 radical (unpaired) electrons. The first-order valence-corrected chi connectivity index (χ1v) is 7.19. The van der Waals surface area contributed by atoms with E-state index in [1.165, 1.54) is 32.1 Å². The molecule has 100 valence electrons. The summed E-state index contributed by atoms with van der Waals surface area (Å²) in [5, 5.41) is 9.57. The van der Waals surface area contributed by atoms with Gasteiger partial charge in [-0.25, -0.2) is 0 Å². The molecule has 0 aromatic heterocycles. The van der Waals surface area contributed by atoms with E-state index in [-0.39, 0.29) is 12.1 Å². The highest BCUT2D eigenvalue weighted by molar-refractivity contribution is 5.02. The third-order valence-corrected chi connectivity index (χ3v) is 4.24.